The van der Waals surface area contributed by atoms with Crippen LogP contribution in [-0.4, -0.2) is 32.3 Å². The molecule has 1 aromatic heterocycles. The zero-order valence-corrected chi connectivity index (χ0v) is 18.0. The van der Waals surface area contributed by atoms with Gasteiger partial charge >= 0.3 is 6.03 Å². The molecule has 0 aliphatic rings. The van der Waals surface area contributed by atoms with Gasteiger partial charge in [-0.3, -0.25) is 0 Å². The first-order chi connectivity index (χ1) is 15.6. The molecule has 0 unspecified atom stereocenters. The van der Waals surface area contributed by atoms with E-state index in [1.807, 2.05) is 48.5 Å². The molecule has 0 radical (unpaired) electrons. The molecule has 0 aliphatic heterocycles. The van der Waals surface area contributed by atoms with Gasteiger partial charge in [0.1, 0.15) is 17.2 Å². The molecule has 4 rings (SSSR count). The number of methoxy groups -OCH3 is 3. The van der Waals surface area contributed by atoms with Crippen LogP contribution in [0.15, 0.2) is 72.8 Å². The van der Waals surface area contributed by atoms with Crippen molar-refractivity contribution in [2.24, 2.45) is 0 Å². The molecule has 0 saturated carbocycles. The Balaban J connectivity index is 1.58. The van der Waals surface area contributed by atoms with Gasteiger partial charge in [-0.1, -0.05) is 30.3 Å². The lowest BCUT2D eigenvalue weighted by molar-refractivity contribution is 0.262. The van der Waals surface area contributed by atoms with Gasteiger partial charge in [-0.25, -0.2) is 9.78 Å². The van der Waals surface area contributed by atoms with Gasteiger partial charge < -0.3 is 24.8 Å². The maximum Gasteiger partial charge on any atom is 0.323 e. The smallest absolute Gasteiger partial charge is 0.323 e. The molecule has 2 N–H and O–H groups in total. The van der Waals surface area contributed by atoms with Crippen molar-refractivity contribution in [2.45, 2.75) is 0 Å². The molecular weight excluding hydrogens is 406 g/mol. The van der Waals surface area contributed by atoms with Crippen LogP contribution in [0.1, 0.15) is 0 Å². The van der Waals surface area contributed by atoms with Crippen molar-refractivity contribution >= 4 is 28.3 Å². The van der Waals surface area contributed by atoms with Gasteiger partial charge in [-0.15, -0.1) is 0 Å². The van der Waals surface area contributed by atoms with Gasteiger partial charge in [0.15, 0.2) is 0 Å². The van der Waals surface area contributed by atoms with Crippen LogP contribution in [0.3, 0.4) is 0 Å². The first-order valence-corrected chi connectivity index (χ1v) is 9.95. The number of ether oxygens (including phenoxy) is 3. The molecule has 0 fully saturated rings. The summed E-state index contributed by atoms with van der Waals surface area (Å²) in [6.45, 7) is 0. The third-order valence-corrected chi connectivity index (χ3v) is 4.97. The van der Waals surface area contributed by atoms with Crippen LogP contribution < -0.4 is 24.8 Å². The molecule has 1 heterocycles. The lowest BCUT2D eigenvalue weighted by Crippen LogP contribution is -2.19. The zero-order chi connectivity index (χ0) is 22.5. The number of carbonyl (C=O) groups is 1. The maximum atomic E-state index is 12.6. The number of hydrogen-bond donors (Lipinski definition) is 2. The van der Waals surface area contributed by atoms with Crippen LogP contribution in [0.4, 0.5) is 16.2 Å². The van der Waals surface area contributed by atoms with E-state index in [1.165, 1.54) is 7.11 Å². The maximum absolute atomic E-state index is 12.6. The fourth-order valence-electron chi connectivity index (χ4n) is 3.38. The average Bonchev–Trinajstić information content (AvgIpc) is 2.84. The molecule has 0 atom stereocenters. The van der Waals surface area contributed by atoms with Gasteiger partial charge in [0, 0.05) is 28.8 Å². The Hall–Kier alpha value is -4.26. The van der Waals surface area contributed by atoms with Crippen molar-refractivity contribution < 1.29 is 19.0 Å². The van der Waals surface area contributed by atoms with E-state index in [0.717, 1.165) is 22.2 Å². The van der Waals surface area contributed by atoms with E-state index in [9.17, 15) is 4.79 Å². The van der Waals surface area contributed by atoms with Crippen LogP contribution in [0.5, 0.6) is 17.2 Å². The summed E-state index contributed by atoms with van der Waals surface area (Å²) in [5.74, 6) is 1.81. The molecule has 0 aliphatic carbocycles. The number of aromatic nitrogens is 1. The van der Waals surface area contributed by atoms with Crippen molar-refractivity contribution in [1.29, 1.82) is 0 Å². The third kappa shape index (κ3) is 4.41. The minimum absolute atomic E-state index is 0.402. The molecule has 7 heteroatoms. The first-order valence-electron chi connectivity index (χ1n) is 9.95. The van der Waals surface area contributed by atoms with Gasteiger partial charge in [0.05, 0.1) is 38.2 Å². The number of amides is 2. The Morgan fingerprint density at radius 1 is 0.781 bits per heavy atom. The normalized spacial score (nSPS) is 10.5. The summed E-state index contributed by atoms with van der Waals surface area (Å²) in [5, 5.41) is 6.43. The van der Waals surface area contributed by atoms with E-state index in [1.54, 1.807) is 38.5 Å². The molecule has 4 aromatic rings. The zero-order valence-electron chi connectivity index (χ0n) is 18.0. The van der Waals surface area contributed by atoms with Crippen molar-refractivity contribution in [3.8, 4) is 28.5 Å². The monoisotopic (exact) mass is 429 g/mol. The summed E-state index contributed by atoms with van der Waals surface area (Å²) >= 11 is 0. The minimum atomic E-state index is -0.402. The Bertz CT molecular complexity index is 1260. The number of nitrogens with one attached hydrogen (secondary N) is 2. The predicted molar refractivity (Wildman–Crippen MR) is 126 cm³/mol. The quantitative estimate of drug-likeness (QED) is 0.419. The number of fused-ring (bicyclic) bond motifs is 1. The molecule has 162 valence electrons. The van der Waals surface area contributed by atoms with E-state index in [2.05, 4.69) is 10.6 Å². The number of anilines is 2. The fourth-order valence-corrected chi connectivity index (χ4v) is 3.38. The van der Waals surface area contributed by atoms with Crippen LogP contribution in [0.25, 0.3) is 22.2 Å². The Morgan fingerprint density at radius 3 is 2.28 bits per heavy atom. The lowest BCUT2D eigenvalue weighted by atomic mass is 10.1. The number of urea groups is 1. The molecule has 0 bridgehead atoms. The standard InChI is InChI=1S/C25H23N3O4/c1-30-18-10-12-21(24(14-18)32-3)28-25(29)26-17-9-11-20-19(13-17)23(31-2)15-22(27-20)16-7-5-4-6-8-16/h4-15H,1-3H3,(H2,26,28,29). The van der Waals surface area contributed by atoms with E-state index in [4.69, 9.17) is 19.2 Å². The van der Waals surface area contributed by atoms with E-state index >= 15 is 0 Å². The topological polar surface area (TPSA) is 81.7 Å². The largest absolute Gasteiger partial charge is 0.497 e. The number of nitrogens with zero attached hydrogens (tertiary/aromatic N) is 1. The van der Waals surface area contributed by atoms with Crippen LogP contribution in [0.2, 0.25) is 0 Å². The summed E-state index contributed by atoms with van der Waals surface area (Å²) in [4.78, 5) is 17.3. The van der Waals surface area contributed by atoms with Crippen LogP contribution >= 0.6 is 0 Å². The Labute approximate surface area is 186 Å². The van der Waals surface area contributed by atoms with E-state index < -0.39 is 6.03 Å². The predicted octanol–water partition coefficient (Wildman–Crippen LogP) is 5.57. The fraction of sp³-hybridized carbons (Fsp3) is 0.120. The Morgan fingerprint density at radius 2 is 1.56 bits per heavy atom. The van der Waals surface area contributed by atoms with Crippen molar-refractivity contribution in [3.05, 3.63) is 72.8 Å². The van der Waals surface area contributed by atoms with E-state index in [-0.39, 0.29) is 0 Å². The number of carbonyl (C=O) groups excluding carboxylic acids is 1. The first kappa shape index (κ1) is 21.0. The highest BCUT2D eigenvalue weighted by atomic mass is 16.5. The number of benzene rings is 3. The second kappa shape index (κ2) is 9.26. The molecule has 0 saturated heterocycles. The minimum Gasteiger partial charge on any atom is -0.497 e. The lowest BCUT2D eigenvalue weighted by Gasteiger charge is -2.13. The molecule has 2 amide bonds. The molecule has 32 heavy (non-hydrogen) atoms. The van der Waals surface area contributed by atoms with Crippen LogP contribution in [-0.2, 0) is 0 Å². The van der Waals surface area contributed by atoms with Gasteiger partial charge in [-0.05, 0) is 30.3 Å². The highest BCUT2D eigenvalue weighted by Gasteiger charge is 2.12. The summed E-state index contributed by atoms with van der Waals surface area (Å²) in [5.41, 5.74) is 3.72. The number of rotatable bonds is 6. The molecule has 3 aromatic carbocycles. The van der Waals surface area contributed by atoms with Crippen molar-refractivity contribution in [2.75, 3.05) is 32.0 Å². The van der Waals surface area contributed by atoms with Gasteiger partial charge in [0.2, 0.25) is 0 Å². The third-order valence-electron chi connectivity index (χ3n) is 4.97. The summed E-state index contributed by atoms with van der Waals surface area (Å²) in [6.07, 6.45) is 0. The second-order valence-corrected chi connectivity index (χ2v) is 6.95. The van der Waals surface area contributed by atoms with Crippen molar-refractivity contribution in [3.63, 3.8) is 0 Å². The molecule has 0 spiro atoms. The molecular formula is C25H23N3O4. The second-order valence-electron chi connectivity index (χ2n) is 6.95. The highest BCUT2D eigenvalue weighted by molar-refractivity contribution is 6.02. The van der Waals surface area contributed by atoms with Gasteiger partial charge in [0.25, 0.3) is 0 Å². The van der Waals surface area contributed by atoms with Gasteiger partial charge in [-0.2, -0.15) is 0 Å². The number of pyridine rings is 1. The number of hydrogen-bond acceptors (Lipinski definition) is 5. The summed E-state index contributed by atoms with van der Waals surface area (Å²) in [7, 11) is 4.72. The Kier molecular flexibility index (Phi) is 6.07. The summed E-state index contributed by atoms with van der Waals surface area (Å²) < 4.78 is 16.1. The van der Waals surface area contributed by atoms with E-state index in [0.29, 0.717) is 28.6 Å². The van der Waals surface area contributed by atoms with Crippen LogP contribution in [0, 0.1) is 0 Å². The summed E-state index contributed by atoms with van der Waals surface area (Å²) in [6, 6.07) is 22.0. The highest BCUT2D eigenvalue weighted by Crippen LogP contribution is 2.32. The van der Waals surface area contributed by atoms with Crippen molar-refractivity contribution in [1.82, 2.24) is 4.98 Å². The molecule has 7 nitrogen and oxygen atoms in total. The SMILES string of the molecule is COc1ccc(NC(=O)Nc2ccc3nc(-c4ccccc4)cc(OC)c3c2)c(OC)c1. The average molecular weight is 429 g/mol.